The number of carbonyl (C=O) groups excluding carboxylic acids is 1. The summed E-state index contributed by atoms with van der Waals surface area (Å²) in [6.45, 7) is 4.80. The molecule has 1 aromatic rings. The molecule has 18 heavy (non-hydrogen) atoms. The number of H-pyrrole nitrogens is 1. The van der Waals surface area contributed by atoms with Gasteiger partial charge in [-0.05, 0) is 24.8 Å². The molecule has 1 amide bonds. The second-order valence-electron chi connectivity index (χ2n) is 4.48. The minimum atomic E-state index is -3.79. The predicted octanol–water partition coefficient (Wildman–Crippen LogP) is 2.11. The van der Waals surface area contributed by atoms with Gasteiger partial charge in [-0.2, -0.15) is 0 Å². The van der Waals surface area contributed by atoms with Crippen molar-refractivity contribution in [2.45, 2.75) is 31.6 Å². The Hall–Kier alpha value is -1.01. The summed E-state index contributed by atoms with van der Waals surface area (Å²) in [5.41, 5.74) is 0.193. The Morgan fingerprint density at radius 2 is 2.17 bits per heavy atom. The van der Waals surface area contributed by atoms with Gasteiger partial charge in [0, 0.05) is 23.4 Å². The quantitative estimate of drug-likeness (QED) is 0.622. The number of hydrogen-bond donors (Lipinski definition) is 2. The van der Waals surface area contributed by atoms with Crippen molar-refractivity contribution < 1.29 is 13.2 Å². The van der Waals surface area contributed by atoms with Crippen LogP contribution in [0.1, 0.15) is 37.2 Å². The molecule has 1 aromatic heterocycles. The molecule has 1 rings (SSSR count). The summed E-state index contributed by atoms with van der Waals surface area (Å²) < 4.78 is 22.0. The molecular weight excluding hydrogens is 276 g/mol. The van der Waals surface area contributed by atoms with Crippen LogP contribution in [0, 0.1) is 5.92 Å². The fourth-order valence-electron chi connectivity index (χ4n) is 1.45. The highest BCUT2D eigenvalue weighted by Crippen LogP contribution is 2.15. The van der Waals surface area contributed by atoms with Crippen LogP contribution < -0.4 is 5.32 Å². The van der Waals surface area contributed by atoms with Crippen LogP contribution in [-0.4, -0.2) is 25.9 Å². The number of aromatic amines is 1. The number of carbonyl (C=O) groups is 1. The van der Waals surface area contributed by atoms with E-state index in [2.05, 4.69) is 24.1 Å². The molecule has 0 radical (unpaired) electrons. The van der Waals surface area contributed by atoms with E-state index in [1.165, 1.54) is 12.3 Å². The lowest BCUT2D eigenvalue weighted by Crippen LogP contribution is -2.24. The molecule has 2 N–H and O–H groups in total. The normalized spacial score (nSPS) is 11.8. The van der Waals surface area contributed by atoms with Gasteiger partial charge in [-0.3, -0.25) is 4.79 Å². The summed E-state index contributed by atoms with van der Waals surface area (Å²) in [6.07, 6.45) is 3.13. The zero-order valence-corrected chi connectivity index (χ0v) is 11.9. The molecule has 0 saturated heterocycles. The van der Waals surface area contributed by atoms with Gasteiger partial charge in [-0.15, -0.1) is 0 Å². The van der Waals surface area contributed by atoms with Gasteiger partial charge < -0.3 is 10.3 Å². The first-order valence-corrected chi connectivity index (χ1v) is 8.03. The average molecular weight is 293 g/mol. The van der Waals surface area contributed by atoms with E-state index >= 15 is 0 Å². The molecule has 0 bridgehead atoms. The third kappa shape index (κ3) is 4.70. The highest BCUT2D eigenvalue weighted by molar-refractivity contribution is 8.13. The standard InChI is InChI=1S/C11H17ClN2O3S/c1-8(2)4-3-5-13-11(15)10-6-9(7-14-10)18(12,16)17/h6-8,14H,3-5H2,1-2H3,(H,13,15). The van der Waals surface area contributed by atoms with Gasteiger partial charge in [0.2, 0.25) is 0 Å². The van der Waals surface area contributed by atoms with Crippen molar-refractivity contribution in [3.05, 3.63) is 18.0 Å². The van der Waals surface area contributed by atoms with Gasteiger partial charge in [0.05, 0.1) is 0 Å². The molecule has 0 aliphatic heterocycles. The molecule has 0 spiro atoms. The number of halogens is 1. The number of rotatable bonds is 6. The lowest BCUT2D eigenvalue weighted by Gasteiger charge is -2.05. The first-order valence-electron chi connectivity index (χ1n) is 5.72. The summed E-state index contributed by atoms with van der Waals surface area (Å²) in [6, 6.07) is 1.22. The lowest BCUT2D eigenvalue weighted by atomic mass is 10.1. The number of aromatic nitrogens is 1. The molecule has 0 aromatic carbocycles. The van der Waals surface area contributed by atoms with Crippen molar-refractivity contribution in [1.82, 2.24) is 10.3 Å². The second-order valence-corrected chi connectivity index (χ2v) is 7.04. The Morgan fingerprint density at radius 1 is 1.50 bits per heavy atom. The monoisotopic (exact) mass is 292 g/mol. The number of amides is 1. The van der Waals surface area contributed by atoms with E-state index in [0.29, 0.717) is 12.5 Å². The van der Waals surface area contributed by atoms with Crippen LogP contribution in [0.25, 0.3) is 0 Å². The van der Waals surface area contributed by atoms with Crippen molar-refractivity contribution in [2.24, 2.45) is 5.92 Å². The fraction of sp³-hybridized carbons (Fsp3) is 0.545. The summed E-state index contributed by atoms with van der Waals surface area (Å²) in [4.78, 5) is 14.1. The minimum absolute atomic E-state index is 0.100. The molecule has 0 atom stereocenters. The van der Waals surface area contributed by atoms with Crippen molar-refractivity contribution in [2.75, 3.05) is 6.54 Å². The zero-order valence-electron chi connectivity index (χ0n) is 10.4. The summed E-state index contributed by atoms with van der Waals surface area (Å²) in [5.74, 6) is 0.269. The van der Waals surface area contributed by atoms with Gasteiger partial charge in [-0.25, -0.2) is 8.42 Å². The maximum atomic E-state index is 11.6. The number of hydrogen-bond acceptors (Lipinski definition) is 3. The lowest BCUT2D eigenvalue weighted by molar-refractivity contribution is 0.0948. The SMILES string of the molecule is CC(C)CCCNC(=O)c1cc(S(=O)(=O)Cl)c[nH]1. The van der Waals surface area contributed by atoms with Crippen molar-refractivity contribution in [1.29, 1.82) is 0 Å². The van der Waals surface area contributed by atoms with Gasteiger partial charge in [0.25, 0.3) is 15.0 Å². The molecule has 1 heterocycles. The van der Waals surface area contributed by atoms with Gasteiger partial charge in [0.1, 0.15) is 10.6 Å². The van der Waals surface area contributed by atoms with Gasteiger partial charge in [0.15, 0.2) is 0 Å². The third-order valence-electron chi connectivity index (χ3n) is 2.43. The van der Waals surface area contributed by atoms with Crippen LogP contribution in [0.2, 0.25) is 0 Å². The summed E-state index contributed by atoms with van der Waals surface area (Å²) >= 11 is 0. The summed E-state index contributed by atoms with van der Waals surface area (Å²) in [5, 5.41) is 2.71. The summed E-state index contributed by atoms with van der Waals surface area (Å²) in [7, 11) is 1.37. The molecule has 0 aliphatic rings. The Balaban J connectivity index is 2.50. The second kappa shape index (κ2) is 6.24. The van der Waals surface area contributed by atoms with Gasteiger partial charge in [-0.1, -0.05) is 13.8 Å². The Morgan fingerprint density at radius 3 is 2.67 bits per heavy atom. The maximum absolute atomic E-state index is 11.6. The molecule has 0 aliphatic carbocycles. The van der Waals surface area contributed by atoms with Crippen LogP contribution >= 0.6 is 10.7 Å². The average Bonchev–Trinajstić information content (AvgIpc) is 2.72. The molecule has 0 unspecified atom stereocenters. The van der Waals surface area contributed by atoms with Crippen LogP contribution in [-0.2, 0) is 9.05 Å². The van der Waals surface area contributed by atoms with E-state index in [1.54, 1.807) is 0 Å². The molecule has 0 fully saturated rings. The molecular formula is C11H17ClN2O3S. The van der Waals surface area contributed by atoms with Crippen molar-refractivity contribution in [3.63, 3.8) is 0 Å². The van der Waals surface area contributed by atoms with E-state index in [0.717, 1.165) is 12.8 Å². The van der Waals surface area contributed by atoms with E-state index in [1.807, 2.05) is 0 Å². The highest BCUT2D eigenvalue weighted by Gasteiger charge is 2.15. The molecule has 5 nitrogen and oxygen atoms in total. The Labute approximate surface area is 111 Å². The van der Waals surface area contributed by atoms with Gasteiger partial charge >= 0.3 is 0 Å². The number of nitrogens with one attached hydrogen (secondary N) is 2. The fourth-order valence-corrected chi connectivity index (χ4v) is 2.18. The van der Waals surface area contributed by atoms with E-state index in [4.69, 9.17) is 10.7 Å². The molecule has 0 saturated carbocycles. The first-order chi connectivity index (χ1) is 8.30. The highest BCUT2D eigenvalue weighted by atomic mass is 35.7. The largest absolute Gasteiger partial charge is 0.356 e. The van der Waals surface area contributed by atoms with Crippen molar-refractivity contribution in [3.8, 4) is 0 Å². The smallest absolute Gasteiger partial charge is 0.267 e. The van der Waals surface area contributed by atoms with Crippen LogP contribution in [0.3, 0.4) is 0 Å². The van der Waals surface area contributed by atoms with Crippen LogP contribution in [0.15, 0.2) is 17.2 Å². The zero-order chi connectivity index (χ0) is 13.8. The van der Waals surface area contributed by atoms with E-state index in [-0.39, 0.29) is 16.5 Å². The topological polar surface area (TPSA) is 79.0 Å². The first kappa shape index (κ1) is 15.0. The Bertz CT molecular complexity index is 508. The predicted molar refractivity (Wildman–Crippen MR) is 70.2 cm³/mol. The van der Waals surface area contributed by atoms with E-state index < -0.39 is 9.05 Å². The van der Waals surface area contributed by atoms with Crippen molar-refractivity contribution >= 4 is 25.6 Å². The molecule has 102 valence electrons. The van der Waals surface area contributed by atoms with Crippen LogP contribution in [0.5, 0.6) is 0 Å². The maximum Gasteiger partial charge on any atom is 0.267 e. The Kier molecular flexibility index (Phi) is 5.22. The van der Waals surface area contributed by atoms with Crippen LogP contribution in [0.4, 0.5) is 0 Å². The van der Waals surface area contributed by atoms with E-state index in [9.17, 15) is 13.2 Å². The molecule has 7 heteroatoms. The third-order valence-corrected chi connectivity index (χ3v) is 3.76. The minimum Gasteiger partial charge on any atom is -0.356 e.